The maximum atomic E-state index is 5.52. The molecule has 0 radical (unpaired) electrons. The zero-order chi connectivity index (χ0) is 32.8. The Labute approximate surface area is 288 Å². The molecule has 11 rings (SSSR count). The van der Waals surface area contributed by atoms with E-state index in [1.54, 1.807) is 0 Å². The van der Waals surface area contributed by atoms with Crippen LogP contribution in [-0.4, -0.2) is 19.1 Å². The number of benzene rings is 7. The highest BCUT2D eigenvalue weighted by Crippen LogP contribution is 2.47. The second-order valence-corrected chi connectivity index (χ2v) is 13.0. The lowest BCUT2D eigenvalue weighted by atomic mass is 9.83. The molecule has 0 unspecified atom stereocenters. The summed E-state index contributed by atoms with van der Waals surface area (Å²) in [6.45, 7) is 0. The van der Waals surface area contributed by atoms with E-state index in [1.165, 1.54) is 49.3 Å². The van der Waals surface area contributed by atoms with E-state index in [9.17, 15) is 0 Å². The number of hydrogen-bond acceptors (Lipinski definition) is 2. The Morgan fingerprint density at radius 3 is 1.42 bits per heavy atom. The van der Waals surface area contributed by atoms with E-state index in [-0.39, 0.29) is 0 Å². The Bertz CT molecular complexity index is 2980. The summed E-state index contributed by atoms with van der Waals surface area (Å²) < 4.78 is 4.62. The third kappa shape index (κ3) is 3.76. The monoisotopic (exact) mass is 636 g/mol. The third-order valence-electron chi connectivity index (χ3n) is 10.4. The molecule has 0 bridgehead atoms. The smallest absolute Gasteiger partial charge is 0.235 e. The van der Waals surface area contributed by atoms with Gasteiger partial charge in [0.2, 0.25) is 5.95 Å². The minimum absolute atomic E-state index is 0.651. The molecular formula is C46H28N4. The first-order valence-corrected chi connectivity index (χ1v) is 17.0. The summed E-state index contributed by atoms with van der Waals surface area (Å²) in [4.78, 5) is 10.7. The predicted molar refractivity (Wildman–Crippen MR) is 206 cm³/mol. The molecule has 0 N–H and O–H groups in total. The Morgan fingerprint density at radius 1 is 0.340 bits per heavy atom. The maximum Gasteiger partial charge on any atom is 0.235 e. The molecule has 0 saturated carbocycles. The standard InChI is InChI=1S/C46H28N4/c1-2-14-29(15-3-1)49-41-24-12-10-21-35(41)38-26-39-36-22-11-13-25-42(36)50(44(39)27-43(38)49)46-47-28-40-34-20-7-6-18-32(34)30-16-4-5-17-31(30)33-19-8-9-23-37(33)45(40)48-46/h1-28H. The van der Waals surface area contributed by atoms with Crippen molar-refractivity contribution in [2.24, 2.45) is 0 Å². The van der Waals surface area contributed by atoms with Crippen molar-refractivity contribution in [2.75, 3.05) is 0 Å². The Balaban J connectivity index is 1.25. The number of aromatic nitrogens is 4. The predicted octanol–water partition coefficient (Wildman–Crippen LogP) is 11.7. The number of rotatable bonds is 2. The van der Waals surface area contributed by atoms with Crippen molar-refractivity contribution in [1.29, 1.82) is 0 Å². The second-order valence-electron chi connectivity index (χ2n) is 13.0. The highest BCUT2D eigenvalue weighted by atomic mass is 15.2. The molecule has 0 spiro atoms. The van der Waals surface area contributed by atoms with Gasteiger partial charge in [-0.2, -0.15) is 0 Å². The molecule has 0 saturated heterocycles. The number of para-hydroxylation sites is 3. The van der Waals surface area contributed by atoms with Crippen LogP contribution in [0.3, 0.4) is 0 Å². The van der Waals surface area contributed by atoms with Crippen LogP contribution in [0.2, 0.25) is 0 Å². The van der Waals surface area contributed by atoms with Crippen molar-refractivity contribution in [3.63, 3.8) is 0 Å². The Morgan fingerprint density at radius 2 is 0.800 bits per heavy atom. The van der Waals surface area contributed by atoms with E-state index in [1.807, 2.05) is 6.20 Å². The molecule has 0 aliphatic heterocycles. The first-order chi connectivity index (χ1) is 24.8. The third-order valence-corrected chi connectivity index (χ3v) is 10.4. The van der Waals surface area contributed by atoms with Crippen molar-refractivity contribution >= 4 is 43.6 Å². The van der Waals surface area contributed by atoms with Gasteiger partial charge in [0.25, 0.3) is 0 Å². The fourth-order valence-electron chi connectivity index (χ4n) is 8.21. The molecule has 50 heavy (non-hydrogen) atoms. The fraction of sp³-hybridized carbons (Fsp3) is 0. The van der Waals surface area contributed by atoms with Crippen molar-refractivity contribution < 1.29 is 0 Å². The minimum atomic E-state index is 0.651. The molecule has 1 aliphatic carbocycles. The van der Waals surface area contributed by atoms with Gasteiger partial charge in [0.15, 0.2) is 0 Å². The van der Waals surface area contributed by atoms with Crippen LogP contribution >= 0.6 is 0 Å². The lowest BCUT2D eigenvalue weighted by Gasteiger charge is -2.22. The number of fused-ring (bicyclic) bond motifs is 14. The van der Waals surface area contributed by atoms with Gasteiger partial charge in [0.1, 0.15) is 0 Å². The summed E-state index contributed by atoms with van der Waals surface area (Å²) in [5.41, 5.74) is 14.6. The van der Waals surface area contributed by atoms with Crippen LogP contribution in [0.5, 0.6) is 0 Å². The zero-order valence-corrected chi connectivity index (χ0v) is 27.0. The summed E-state index contributed by atoms with van der Waals surface area (Å²) in [7, 11) is 0. The van der Waals surface area contributed by atoms with Gasteiger partial charge in [0, 0.05) is 44.6 Å². The van der Waals surface area contributed by atoms with Gasteiger partial charge in [0.05, 0.1) is 27.8 Å². The molecule has 3 aromatic heterocycles. The average molecular weight is 637 g/mol. The van der Waals surface area contributed by atoms with Crippen LogP contribution in [-0.2, 0) is 0 Å². The molecule has 10 aromatic rings. The van der Waals surface area contributed by atoms with Gasteiger partial charge in [-0.05, 0) is 64.2 Å². The van der Waals surface area contributed by atoms with E-state index < -0.39 is 0 Å². The van der Waals surface area contributed by atoms with Crippen molar-refractivity contribution in [1.82, 2.24) is 19.1 Å². The van der Waals surface area contributed by atoms with Gasteiger partial charge < -0.3 is 4.57 Å². The lowest BCUT2D eigenvalue weighted by molar-refractivity contribution is 0.993. The van der Waals surface area contributed by atoms with Crippen LogP contribution < -0.4 is 0 Å². The Kier molecular flexibility index (Phi) is 5.63. The molecule has 4 nitrogen and oxygen atoms in total. The summed E-state index contributed by atoms with van der Waals surface area (Å²) >= 11 is 0. The zero-order valence-electron chi connectivity index (χ0n) is 27.0. The van der Waals surface area contributed by atoms with Gasteiger partial charge in [-0.1, -0.05) is 127 Å². The van der Waals surface area contributed by atoms with Crippen molar-refractivity contribution in [3.05, 3.63) is 170 Å². The van der Waals surface area contributed by atoms with Crippen molar-refractivity contribution in [3.8, 4) is 56.3 Å². The molecule has 0 fully saturated rings. The topological polar surface area (TPSA) is 35.6 Å². The SMILES string of the molecule is c1ccc(-n2c3ccccc3c3cc4c5ccccc5n(-c5ncc6c(n5)-c5ccccc5-c5ccccc5-c5ccccc5-6)c4cc32)cc1. The largest absolute Gasteiger partial charge is 0.309 e. The highest BCUT2D eigenvalue weighted by Gasteiger charge is 2.25. The number of hydrogen-bond donors (Lipinski definition) is 0. The quantitative estimate of drug-likeness (QED) is 0.189. The molecule has 7 aromatic carbocycles. The van der Waals surface area contributed by atoms with E-state index in [0.717, 1.165) is 44.6 Å². The first-order valence-electron chi connectivity index (χ1n) is 17.0. The van der Waals surface area contributed by atoms with Gasteiger partial charge in [-0.15, -0.1) is 0 Å². The molecule has 0 atom stereocenters. The molecule has 3 heterocycles. The highest BCUT2D eigenvalue weighted by molar-refractivity contribution is 6.19. The van der Waals surface area contributed by atoms with Crippen LogP contribution in [0.4, 0.5) is 0 Å². The molecule has 0 amide bonds. The average Bonchev–Trinajstić information content (AvgIpc) is 3.68. The summed E-state index contributed by atoms with van der Waals surface area (Å²) in [5.74, 6) is 0.651. The molecule has 232 valence electrons. The van der Waals surface area contributed by atoms with Gasteiger partial charge in [-0.25, -0.2) is 9.97 Å². The number of nitrogens with zero attached hydrogens (tertiary/aromatic N) is 4. The van der Waals surface area contributed by atoms with Crippen LogP contribution in [0.1, 0.15) is 0 Å². The van der Waals surface area contributed by atoms with Crippen molar-refractivity contribution in [2.45, 2.75) is 0 Å². The van der Waals surface area contributed by atoms with Crippen LogP contribution in [0.15, 0.2) is 170 Å². The second kappa shape index (κ2) is 10.4. The normalized spacial score (nSPS) is 12.0. The molecule has 4 heteroatoms. The maximum absolute atomic E-state index is 5.52. The summed E-state index contributed by atoms with van der Waals surface area (Å²) in [6, 6.07) is 58.6. The van der Waals surface area contributed by atoms with E-state index in [0.29, 0.717) is 5.95 Å². The summed E-state index contributed by atoms with van der Waals surface area (Å²) in [6.07, 6.45) is 2.03. The van der Waals surface area contributed by atoms with E-state index in [4.69, 9.17) is 9.97 Å². The first kappa shape index (κ1) is 27.2. The lowest BCUT2D eigenvalue weighted by Crippen LogP contribution is -2.05. The molecular weight excluding hydrogens is 609 g/mol. The fourth-order valence-corrected chi connectivity index (χ4v) is 8.21. The van der Waals surface area contributed by atoms with E-state index in [2.05, 4.69) is 173 Å². The van der Waals surface area contributed by atoms with Crippen LogP contribution in [0, 0.1) is 0 Å². The Hall–Kier alpha value is -6.78. The van der Waals surface area contributed by atoms with Gasteiger partial charge >= 0.3 is 0 Å². The molecule has 1 aliphatic rings. The van der Waals surface area contributed by atoms with Crippen LogP contribution in [0.25, 0.3) is 99.9 Å². The minimum Gasteiger partial charge on any atom is -0.309 e. The van der Waals surface area contributed by atoms with E-state index >= 15 is 0 Å². The summed E-state index contributed by atoms with van der Waals surface area (Å²) in [5, 5.41) is 4.82. The van der Waals surface area contributed by atoms with Gasteiger partial charge in [-0.3, -0.25) is 4.57 Å².